The van der Waals surface area contributed by atoms with E-state index in [0.29, 0.717) is 6.07 Å². The molecule has 0 fully saturated rings. The molecule has 0 saturated carbocycles. The second-order valence-electron chi connectivity index (χ2n) is 3.85. The van der Waals surface area contributed by atoms with Crippen molar-refractivity contribution in [3.05, 3.63) is 23.8 Å². The predicted octanol–water partition coefficient (Wildman–Crippen LogP) is 0.596. The fourth-order valence-electron chi connectivity index (χ4n) is 1.36. The summed E-state index contributed by atoms with van der Waals surface area (Å²) >= 11 is 0. The molecular weight excluding hydrogens is 266 g/mol. The summed E-state index contributed by atoms with van der Waals surface area (Å²) in [6.45, 7) is 1.27. The van der Waals surface area contributed by atoms with Crippen molar-refractivity contribution >= 4 is 15.7 Å². The van der Waals surface area contributed by atoms with Crippen LogP contribution in [0.3, 0.4) is 0 Å². The molecule has 0 aromatic heterocycles. The van der Waals surface area contributed by atoms with Gasteiger partial charge in [0.1, 0.15) is 4.90 Å². The quantitative estimate of drug-likeness (QED) is 0.688. The van der Waals surface area contributed by atoms with Crippen LogP contribution in [0, 0.1) is 11.6 Å². The lowest BCUT2D eigenvalue weighted by molar-refractivity contribution is 0.275. The fourth-order valence-corrected chi connectivity index (χ4v) is 2.76. The lowest BCUT2D eigenvalue weighted by Crippen LogP contribution is -2.34. The molecule has 0 heterocycles. The van der Waals surface area contributed by atoms with Gasteiger partial charge in [0.15, 0.2) is 11.6 Å². The minimum Gasteiger partial charge on any atom is -0.399 e. The molecule has 1 atom stereocenters. The SMILES string of the molecule is CC(CCO)NS(=O)(=O)c1cc(N)cc(F)c1F. The van der Waals surface area contributed by atoms with E-state index >= 15 is 0 Å². The van der Waals surface area contributed by atoms with Gasteiger partial charge in [-0.3, -0.25) is 0 Å². The molecule has 0 radical (unpaired) electrons. The Hall–Kier alpha value is -1.25. The summed E-state index contributed by atoms with van der Waals surface area (Å²) in [6.07, 6.45) is 0.158. The Bertz CT molecular complexity index is 534. The molecule has 102 valence electrons. The van der Waals surface area contributed by atoms with Crippen molar-refractivity contribution < 1.29 is 22.3 Å². The van der Waals surface area contributed by atoms with Gasteiger partial charge in [-0.2, -0.15) is 0 Å². The van der Waals surface area contributed by atoms with Gasteiger partial charge < -0.3 is 10.8 Å². The second-order valence-corrected chi connectivity index (χ2v) is 5.53. The summed E-state index contributed by atoms with van der Waals surface area (Å²) in [4.78, 5) is -0.843. The number of benzene rings is 1. The van der Waals surface area contributed by atoms with E-state index in [2.05, 4.69) is 4.72 Å². The Morgan fingerprint density at radius 3 is 2.61 bits per heavy atom. The summed E-state index contributed by atoms with van der Waals surface area (Å²) in [5, 5.41) is 8.66. The molecule has 0 saturated heterocycles. The van der Waals surface area contributed by atoms with Crippen LogP contribution in [0.15, 0.2) is 17.0 Å². The zero-order valence-corrected chi connectivity index (χ0v) is 10.5. The average molecular weight is 280 g/mol. The third kappa shape index (κ3) is 3.37. The van der Waals surface area contributed by atoms with Crippen molar-refractivity contribution in [2.24, 2.45) is 0 Å². The van der Waals surface area contributed by atoms with Gasteiger partial charge in [-0.1, -0.05) is 0 Å². The zero-order chi connectivity index (χ0) is 13.9. The van der Waals surface area contributed by atoms with Gasteiger partial charge in [0.25, 0.3) is 0 Å². The molecule has 1 aromatic rings. The van der Waals surface area contributed by atoms with Gasteiger partial charge in [-0.25, -0.2) is 21.9 Å². The smallest absolute Gasteiger partial charge is 0.243 e. The van der Waals surface area contributed by atoms with Crippen LogP contribution >= 0.6 is 0 Å². The topological polar surface area (TPSA) is 92.4 Å². The minimum atomic E-state index is -4.21. The van der Waals surface area contributed by atoms with Gasteiger partial charge in [0, 0.05) is 18.3 Å². The van der Waals surface area contributed by atoms with E-state index in [0.717, 1.165) is 6.07 Å². The number of sulfonamides is 1. The molecule has 0 aliphatic heterocycles. The number of halogens is 2. The molecule has 0 aliphatic carbocycles. The Kier molecular flexibility index (Phi) is 4.60. The highest BCUT2D eigenvalue weighted by Gasteiger charge is 2.24. The second kappa shape index (κ2) is 5.59. The van der Waals surface area contributed by atoms with Crippen molar-refractivity contribution in [3.63, 3.8) is 0 Å². The van der Waals surface area contributed by atoms with E-state index in [4.69, 9.17) is 10.8 Å². The third-order valence-corrected chi connectivity index (χ3v) is 3.81. The Morgan fingerprint density at radius 2 is 2.06 bits per heavy atom. The van der Waals surface area contributed by atoms with Crippen LogP contribution in [0.5, 0.6) is 0 Å². The van der Waals surface area contributed by atoms with Crippen LogP contribution in [0.2, 0.25) is 0 Å². The van der Waals surface area contributed by atoms with Crippen molar-refractivity contribution in [3.8, 4) is 0 Å². The van der Waals surface area contributed by atoms with Gasteiger partial charge in [0.2, 0.25) is 10.0 Å². The van der Waals surface area contributed by atoms with E-state index in [1.807, 2.05) is 0 Å². The normalized spacial score (nSPS) is 13.6. The summed E-state index contributed by atoms with van der Waals surface area (Å²) in [6, 6.07) is 0.932. The van der Waals surface area contributed by atoms with Gasteiger partial charge in [-0.15, -0.1) is 0 Å². The Morgan fingerprint density at radius 1 is 1.44 bits per heavy atom. The predicted molar refractivity (Wildman–Crippen MR) is 62.3 cm³/mol. The summed E-state index contributed by atoms with van der Waals surface area (Å²) < 4.78 is 52.2. The lowest BCUT2D eigenvalue weighted by atomic mass is 10.3. The first-order valence-electron chi connectivity index (χ1n) is 5.15. The number of nitrogen functional groups attached to an aromatic ring is 1. The molecule has 8 heteroatoms. The first kappa shape index (κ1) is 14.8. The van der Waals surface area contributed by atoms with Crippen molar-refractivity contribution in [1.82, 2.24) is 4.72 Å². The lowest BCUT2D eigenvalue weighted by Gasteiger charge is -2.14. The first-order chi connectivity index (χ1) is 8.27. The van der Waals surface area contributed by atoms with E-state index in [1.54, 1.807) is 0 Å². The highest BCUT2D eigenvalue weighted by molar-refractivity contribution is 7.89. The number of hydrogen-bond acceptors (Lipinski definition) is 4. The van der Waals surface area contributed by atoms with Crippen LogP contribution in [-0.2, 0) is 10.0 Å². The largest absolute Gasteiger partial charge is 0.399 e. The molecule has 0 bridgehead atoms. The minimum absolute atomic E-state index is 0.158. The van der Waals surface area contributed by atoms with Crippen LogP contribution < -0.4 is 10.5 Å². The molecule has 4 N–H and O–H groups in total. The Labute approximate surface area is 104 Å². The highest BCUT2D eigenvalue weighted by Crippen LogP contribution is 2.21. The first-order valence-corrected chi connectivity index (χ1v) is 6.64. The van der Waals surface area contributed by atoms with Crippen molar-refractivity contribution in [2.75, 3.05) is 12.3 Å². The molecule has 1 aromatic carbocycles. The monoisotopic (exact) mass is 280 g/mol. The number of anilines is 1. The maximum atomic E-state index is 13.4. The molecular formula is C10H14F2N2O3S. The van der Waals surface area contributed by atoms with E-state index in [1.165, 1.54) is 6.92 Å². The average Bonchev–Trinajstić information content (AvgIpc) is 2.22. The fraction of sp³-hybridized carbons (Fsp3) is 0.400. The number of rotatable bonds is 5. The number of aliphatic hydroxyl groups is 1. The molecule has 5 nitrogen and oxygen atoms in total. The third-order valence-electron chi connectivity index (χ3n) is 2.23. The molecule has 1 rings (SSSR count). The number of hydrogen-bond donors (Lipinski definition) is 3. The van der Waals surface area contributed by atoms with Gasteiger partial charge in [-0.05, 0) is 25.5 Å². The van der Waals surface area contributed by atoms with Crippen molar-refractivity contribution in [1.29, 1.82) is 0 Å². The van der Waals surface area contributed by atoms with E-state index in [9.17, 15) is 17.2 Å². The summed E-state index contributed by atoms with van der Waals surface area (Å²) in [5.41, 5.74) is 5.08. The van der Waals surface area contributed by atoms with Crippen LogP contribution in [0.1, 0.15) is 13.3 Å². The molecule has 0 amide bonds. The molecule has 0 aliphatic rings. The molecule has 1 unspecified atom stereocenters. The van der Waals surface area contributed by atoms with Crippen molar-refractivity contribution in [2.45, 2.75) is 24.3 Å². The number of nitrogens with two attached hydrogens (primary N) is 1. The van der Waals surface area contributed by atoms with Crippen LogP contribution in [0.4, 0.5) is 14.5 Å². The number of aliphatic hydroxyl groups excluding tert-OH is 1. The van der Waals surface area contributed by atoms with Crippen LogP contribution in [0.25, 0.3) is 0 Å². The van der Waals surface area contributed by atoms with E-state index in [-0.39, 0.29) is 18.7 Å². The maximum Gasteiger partial charge on any atom is 0.243 e. The standard InChI is InChI=1S/C10H14F2N2O3S/c1-6(2-3-15)14-18(16,17)9-5-7(13)4-8(11)10(9)12/h4-6,14-15H,2-3,13H2,1H3. The molecule has 18 heavy (non-hydrogen) atoms. The Balaban J connectivity index is 3.13. The summed E-state index contributed by atoms with van der Waals surface area (Å²) in [7, 11) is -4.21. The van der Waals surface area contributed by atoms with Gasteiger partial charge >= 0.3 is 0 Å². The maximum absolute atomic E-state index is 13.4. The zero-order valence-electron chi connectivity index (χ0n) is 9.65. The van der Waals surface area contributed by atoms with Gasteiger partial charge in [0.05, 0.1) is 0 Å². The molecule has 0 spiro atoms. The van der Waals surface area contributed by atoms with Crippen LogP contribution in [-0.4, -0.2) is 26.2 Å². The summed E-state index contributed by atoms with van der Waals surface area (Å²) in [5.74, 6) is -2.81. The van der Waals surface area contributed by atoms with E-state index < -0.39 is 32.6 Å². The number of nitrogens with one attached hydrogen (secondary N) is 1. The highest BCUT2D eigenvalue weighted by atomic mass is 32.2.